The number of aryl methyl sites for hydroxylation is 2. The summed E-state index contributed by atoms with van der Waals surface area (Å²) in [6.07, 6.45) is 3.76. The first kappa shape index (κ1) is 15.2. The second-order valence-electron chi connectivity index (χ2n) is 4.39. The minimum atomic E-state index is -0.413. The van der Waals surface area contributed by atoms with Crippen molar-refractivity contribution in [3.8, 4) is 0 Å². The van der Waals surface area contributed by atoms with Gasteiger partial charge in [0.2, 0.25) is 5.91 Å². The Hall–Kier alpha value is -2.15. The van der Waals surface area contributed by atoms with Gasteiger partial charge in [-0.05, 0) is 26.0 Å². The first-order chi connectivity index (χ1) is 10.1. The largest absolute Gasteiger partial charge is 0.462 e. The van der Waals surface area contributed by atoms with Gasteiger partial charge in [0.15, 0.2) is 0 Å². The average molecular weight is 307 g/mol. The van der Waals surface area contributed by atoms with Gasteiger partial charge in [-0.2, -0.15) is 5.10 Å². The predicted octanol–water partition coefficient (Wildman–Crippen LogP) is 2.46. The summed E-state index contributed by atoms with van der Waals surface area (Å²) in [5.74, 6) is -0.567. The maximum Gasteiger partial charge on any atom is 0.341 e. The number of nitrogens with zero attached hydrogens (tertiary/aromatic N) is 2. The summed E-state index contributed by atoms with van der Waals surface area (Å²) in [6, 6.07) is 3.53. The topological polar surface area (TPSA) is 73.2 Å². The van der Waals surface area contributed by atoms with Gasteiger partial charge in [0, 0.05) is 30.2 Å². The van der Waals surface area contributed by atoms with Crippen molar-refractivity contribution in [2.24, 2.45) is 0 Å². The number of amides is 1. The van der Waals surface area contributed by atoms with E-state index in [1.54, 1.807) is 36.1 Å². The third kappa shape index (κ3) is 4.16. The van der Waals surface area contributed by atoms with Crippen LogP contribution in [0.25, 0.3) is 0 Å². The van der Waals surface area contributed by atoms with Crippen LogP contribution in [-0.4, -0.2) is 28.3 Å². The monoisotopic (exact) mass is 307 g/mol. The fourth-order valence-electron chi connectivity index (χ4n) is 1.81. The van der Waals surface area contributed by atoms with E-state index in [9.17, 15) is 9.59 Å². The van der Waals surface area contributed by atoms with Gasteiger partial charge in [-0.15, -0.1) is 11.3 Å². The first-order valence-corrected chi connectivity index (χ1v) is 7.46. The minimum Gasteiger partial charge on any atom is -0.462 e. The normalized spacial score (nSPS) is 10.4. The van der Waals surface area contributed by atoms with E-state index in [1.807, 2.05) is 6.92 Å². The van der Waals surface area contributed by atoms with Gasteiger partial charge >= 0.3 is 5.97 Å². The highest BCUT2D eigenvalue weighted by Crippen LogP contribution is 2.28. The third-order valence-electron chi connectivity index (χ3n) is 2.73. The lowest BCUT2D eigenvalue weighted by Crippen LogP contribution is -2.16. The van der Waals surface area contributed by atoms with E-state index in [1.165, 1.54) is 11.3 Å². The Morgan fingerprint density at radius 2 is 2.29 bits per heavy atom. The number of rotatable bonds is 6. The highest BCUT2D eigenvalue weighted by atomic mass is 32.1. The maximum absolute atomic E-state index is 12.0. The van der Waals surface area contributed by atoms with Gasteiger partial charge in [-0.3, -0.25) is 9.48 Å². The molecular weight excluding hydrogens is 290 g/mol. The summed E-state index contributed by atoms with van der Waals surface area (Å²) < 4.78 is 6.67. The highest BCUT2D eigenvalue weighted by Gasteiger charge is 2.17. The van der Waals surface area contributed by atoms with E-state index >= 15 is 0 Å². The summed E-state index contributed by atoms with van der Waals surface area (Å²) >= 11 is 1.37. The van der Waals surface area contributed by atoms with Crippen LogP contribution in [0, 0.1) is 6.92 Å². The van der Waals surface area contributed by atoms with Crippen molar-refractivity contribution in [2.45, 2.75) is 26.8 Å². The van der Waals surface area contributed by atoms with Gasteiger partial charge < -0.3 is 10.1 Å². The van der Waals surface area contributed by atoms with Crippen LogP contribution in [0.3, 0.4) is 0 Å². The second kappa shape index (κ2) is 7.03. The Kier molecular flexibility index (Phi) is 5.10. The fourth-order valence-corrected chi connectivity index (χ4v) is 2.72. The zero-order chi connectivity index (χ0) is 15.2. The molecule has 0 unspecified atom stereocenters. The SMILES string of the molecule is CCOC(=O)c1cc(C)sc1NC(=O)CCn1cccn1. The van der Waals surface area contributed by atoms with Crippen molar-refractivity contribution < 1.29 is 14.3 Å². The quantitative estimate of drug-likeness (QED) is 0.832. The molecule has 2 aromatic heterocycles. The highest BCUT2D eigenvalue weighted by molar-refractivity contribution is 7.16. The van der Waals surface area contributed by atoms with Gasteiger partial charge in [-0.25, -0.2) is 4.79 Å². The van der Waals surface area contributed by atoms with Crippen molar-refractivity contribution in [3.63, 3.8) is 0 Å². The molecule has 6 nitrogen and oxygen atoms in total. The molecular formula is C14H17N3O3S. The molecule has 0 radical (unpaired) electrons. The maximum atomic E-state index is 12.0. The summed E-state index contributed by atoms with van der Waals surface area (Å²) in [5, 5.41) is 7.34. The number of anilines is 1. The third-order valence-corrected chi connectivity index (χ3v) is 3.70. The number of carbonyl (C=O) groups excluding carboxylic acids is 2. The molecule has 0 saturated carbocycles. The van der Waals surface area contributed by atoms with E-state index in [0.717, 1.165) is 4.88 Å². The van der Waals surface area contributed by atoms with Crippen LogP contribution in [0.5, 0.6) is 0 Å². The molecule has 0 fully saturated rings. The zero-order valence-electron chi connectivity index (χ0n) is 12.0. The molecule has 112 valence electrons. The molecule has 0 atom stereocenters. The molecule has 1 amide bonds. The zero-order valence-corrected chi connectivity index (χ0v) is 12.8. The Balaban J connectivity index is 1.98. The van der Waals surface area contributed by atoms with Gasteiger partial charge in [0.25, 0.3) is 0 Å². The van der Waals surface area contributed by atoms with Crippen LogP contribution in [-0.2, 0) is 16.1 Å². The van der Waals surface area contributed by atoms with Crippen LogP contribution < -0.4 is 5.32 Å². The Morgan fingerprint density at radius 3 is 2.95 bits per heavy atom. The lowest BCUT2D eigenvalue weighted by atomic mass is 10.3. The van der Waals surface area contributed by atoms with Crippen LogP contribution in [0.15, 0.2) is 24.5 Å². The minimum absolute atomic E-state index is 0.155. The number of ether oxygens (including phenoxy) is 1. The molecule has 2 aromatic rings. The summed E-state index contributed by atoms with van der Waals surface area (Å²) in [4.78, 5) is 24.7. The van der Waals surface area contributed by atoms with Crippen LogP contribution >= 0.6 is 11.3 Å². The molecule has 0 bridgehead atoms. The molecule has 1 N–H and O–H groups in total. The fraction of sp³-hybridized carbons (Fsp3) is 0.357. The van der Waals surface area contributed by atoms with Crippen molar-refractivity contribution in [1.29, 1.82) is 0 Å². The number of esters is 1. The smallest absolute Gasteiger partial charge is 0.341 e. The molecule has 21 heavy (non-hydrogen) atoms. The molecule has 2 heterocycles. The summed E-state index contributed by atoms with van der Waals surface area (Å²) in [7, 11) is 0. The molecule has 0 aliphatic carbocycles. The molecule has 7 heteroatoms. The Morgan fingerprint density at radius 1 is 1.48 bits per heavy atom. The number of aromatic nitrogens is 2. The van der Waals surface area contributed by atoms with Crippen LogP contribution in [0.4, 0.5) is 5.00 Å². The van der Waals surface area contributed by atoms with E-state index in [0.29, 0.717) is 30.1 Å². The molecule has 0 saturated heterocycles. The van der Waals surface area contributed by atoms with E-state index < -0.39 is 5.97 Å². The molecule has 0 aliphatic rings. The second-order valence-corrected chi connectivity index (χ2v) is 5.64. The number of nitrogens with one attached hydrogen (secondary N) is 1. The van der Waals surface area contributed by atoms with Gasteiger partial charge in [-0.1, -0.05) is 0 Å². The van der Waals surface area contributed by atoms with E-state index in [2.05, 4.69) is 10.4 Å². The Bertz CT molecular complexity index is 619. The molecule has 0 aliphatic heterocycles. The standard InChI is InChI=1S/C14H17N3O3S/c1-3-20-14(19)11-9-10(2)21-13(11)16-12(18)5-8-17-7-4-6-15-17/h4,6-7,9H,3,5,8H2,1-2H3,(H,16,18). The van der Waals surface area contributed by atoms with Gasteiger partial charge in [0.05, 0.1) is 12.2 Å². The predicted molar refractivity (Wildman–Crippen MR) is 80.5 cm³/mol. The lowest BCUT2D eigenvalue weighted by molar-refractivity contribution is -0.116. The van der Waals surface area contributed by atoms with Gasteiger partial charge in [0.1, 0.15) is 5.00 Å². The molecule has 0 spiro atoms. The van der Waals surface area contributed by atoms with Crippen LogP contribution in [0.2, 0.25) is 0 Å². The van der Waals surface area contributed by atoms with E-state index in [4.69, 9.17) is 4.74 Å². The van der Waals surface area contributed by atoms with Crippen LogP contribution in [0.1, 0.15) is 28.6 Å². The number of hydrogen-bond donors (Lipinski definition) is 1. The summed E-state index contributed by atoms with van der Waals surface area (Å²) in [5.41, 5.74) is 0.409. The molecule has 2 rings (SSSR count). The van der Waals surface area contributed by atoms with Crippen molar-refractivity contribution in [2.75, 3.05) is 11.9 Å². The van der Waals surface area contributed by atoms with Crippen molar-refractivity contribution in [1.82, 2.24) is 9.78 Å². The Labute approximate surface area is 126 Å². The summed E-state index contributed by atoms with van der Waals surface area (Å²) in [6.45, 7) is 4.44. The first-order valence-electron chi connectivity index (χ1n) is 6.65. The number of hydrogen-bond acceptors (Lipinski definition) is 5. The van der Waals surface area contributed by atoms with E-state index in [-0.39, 0.29) is 5.91 Å². The molecule has 0 aromatic carbocycles. The number of carbonyl (C=O) groups is 2. The average Bonchev–Trinajstić information content (AvgIpc) is 3.06. The van der Waals surface area contributed by atoms with Crippen molar-refractivity contribution in [3.05, 3.63) is 35.0 Å². The lowest BCUT2D eigenvalue weighted by Gasteiger charge is -2.06. The van der Waals surface area contributed by atoms with Crippen molar-refractivity contribution >= 4 is 28.2 Å². The number of thiophene rings is 1.